The Morgan fingerprint density at radius 3 is 3.09 bits per heavy atom. The van der Waals surface area contributed by atoms with Crippen molar-refractivity contribution in [3.8, 4) is 0 Å². The summed E-state index contributed by atoms with van der Waals surface area (Å²) in [5.74, 6) is 3.82. The molecular formula is C8H16OS2. The van der Waals surface area contributed by atoms with Gasteiger partial charge in [-0.3, -0.25) is 0 Å². The minimum atomic E-state index is 0.842. The molecule has 1 atom stereocenters. The number of hydrogen-bond donors (Lipinski definition) is 0. The van der Waals surface area contributed by atoms with Crippen LogP contribution in [0.25, 0.3) is 0 Å². The highest BCUT2D eigenvalue weighted by atomic mass is 32.2. The maximum Gasteiger partial charge on any atom is 0.0593 e. The minimum Gasteiger partial charge on any atom is -0.380 e. The predicted molar refractivity (Wildman–Crippen MR) is 54.7 cm³/mol. The summed E-state index contributed by atoms with van der Waals surface area (Å²) in [6.07, 6.45) is 1.22. The second-order valence-electron chi connectivity index (χ2n) is 2.58. The van der Waals surface area contributed by atoms with Gasteiger partial charge in [-0.25, -0.2) is 0 Å². The molecule has 0 aromatic heterocycles. The first-order chi connectivity index (χ1) is 5.43. The molecule has 3 heteroatoms. The quantitative estimate of drug-likeness (QED) is 0.452. The molecule has 1 unspecified atom stereocenters. The molecule has 0 N–H and O–H groups in total. The maximum absolute atomic E-state index is 5.47. The van der Waals surface area contributed by atoms with Gasteiger partial charge in [-0.15, -0.1) is 0 Å². The average Bonchev–Trinajstić information content (AvgIpc) is 2.80. The minimum absolute atomic E-state index is 0.842. The second-order valence-corrected chi connectivity index (χ2v) is 5.31. The van der Waals surface area contributed by atoms with Crippen molar-refractivity contribution in [3.63, 3.8) is 0 Å². The molecule has 1 rings (SSSR count). The summed E-state index contributed by atoms with van der Waals surface area (Å²) in [5, 5.41) is 0.842. The molecular weight excluding hydrogens is 176 g/mol. The standard InChI is InChI=1S/C8H16OS2/c1-2-10-5-3-4-9-6-8-7-11-8/h8H,2-7H2,1H3. The largest absolute Gasteiger partial charge is 0.380 e. The predicted octanol–water partition coefficient (Wildman–Crippen LogP) is 2.26. The van der Waals surface area contributed by atoms with Gasteiger partial charge in [0.25, 0.3) is 0 Å². The van der Waals surface area contributed by atoms with Crippen molar-refractivity contribution < 1.29 is 4.74 Å². The summed E-state index contributed by atoms with van der Waals surface area (Å²) in [6, 6.07) is 0. The molecule has 0 aliphatic carbocycles. The molecule has 0 spiro atoms. The van der Waals surface area contributed by atoms with Crippen molar-refractivity contribution in [2.75, 3.05) is 30.5 Å². The fourth-order valence-corrected chi connectivity index (χ4v) is 1.82. The number of hydrogen-bond acceptors (Lipinski definition) is 3. The van der Waals surface area contributed by atoms with Gasteiger partial charge in [0.1, 0.15) is 0 Å². The summed E-state index contributed by atoms with van der Waals surface area (Å²) in [5.41, 5.74) is 0. The molecule has 66 valence electrons. The van der Waals surface area contributed by atoms with Gasteiger partial charge in [-0.1, -0.05) is 6.92 Å². The summed E-state index contributed by atoms with van der Waals surface area (Å²) >= 11 is 4.00. The van der Waals surface area contributed by atoms with E-state index in [9.17, 15) is 0 Å². The highest BCUT2D eigenvalue weighted by molar-refractivity contribution is 8.06. The Morgan fingerprint density at radius 1 is 1.64 bits per heavy atom. The molecule has 0 aromatic rings. The number of rotatable bonds is 7. The Hall–Kier alpha value is 0.660. The number of thioether (sulfide) groups is 2. The van der Waals surface area contributed by atoms with Crippen LogP contribution in [0.15, 0.2) is 0 Å². The first-order valence-electron chi connectivity index (χ1n) is 4.20. The number of ether oxygens (including phenoxy) is 1. The molecule has 0 saturated carbocycles. The van der Waals surface area contributed by atoms with Gasteiger partial charge in [0.2, 0.25) is 0 Å². The van der Waals surface area contributed by atoms with Crippen LogP contribution < -0.4 is 0 Å². The molecule has 1 saturated heterocycles. The van der Waals surface area contributed by atoms with Crippen molar-refractivity contribution in [3.05, 3.63) is 0 Å². The third-order valence-electron chi connectivity index (χ3n) is 1.49. The molecule has 0 amide bonds. The molecule has 1 nitrogen and oxygen atoms in total. The molecule has 1 aliphatic rings. The monoisotopic (exact) mass is 192 g/mol. The van der Waals surface area contributed by atoms with Crippen molar-refractivity contribution in [2.45, 2.75) is 18.6 Å². The van der Waals surface area contributed by atoms with E-state index in [-0.39, 0.29) is 0 Å². The zero-order chi connectivity index (χ0) is 7.94. The van der Waals surface area contributed by atoms with Crippen molar-refractivity contribution in [2.24, 2.45) is 0 Å². The first kappa shape index (κ1) is 9.75. The van der Waals surface area contributed by atoms with Crippen LogP contribution in [0.5, 0.6) is 0 Å². The smallest absolute Gasteiger partial charge is 0.0593 e. The lowest BCUT2D eigenvalue weighted by Gasteiger charge is -2.00. The van der Waals surface area contributed by atoms with E-state index in [1.165, 1.54) is 23.7 Å². The first-order valence-corrected chi connectivity index (χ1v) is 6.41. The van der Waals surface area contributed by atoms with E-state index in [1.54, 1.807) is 0 Å². The van der Waals surface area contributed by atoms with Crippen molar-refractivity contribution >= 4 is 23.5 Å². The van der Waals surface area contributed by atoms with E-state index in [0.717, 1.165) is 18.5 Å². The lowest BCUT2D eigenvalue weighted by atomic mass is 10.5. The van der Waals surface area contributed by atoms with Crippen molar-refractivity contribution in [1.29, 1.82) is 0 Å². The highest BCUT2D eigenvalue weighted by Gasteiger charge is 2.21. The third kappa shape index (κ3) is 5.88. The van der Waals surface area contributed by atoms with Crippen LogP contribution in [0.1, 0.15) is 13.3 Å². The Morgan fingerprint density at radius 2 is 2.45 bits per heavy atom. The SMILES string of the molecule is CCSCCCOCC1CS1. The maximum atomic E-state index is 5.47. The summed E-state index contributed by atoms with van der Waals surface area (Å²) < 4.78 is 5.47. The van der Waals surface area contributed by atoms with Crippen LogP contribution in [0.2, 0.25) is 0 Å². The highest BCUT2D eigenvalue weighted by Crippen LogP contribution is 2.29. The van der Waals surface area contributed by atoms with E-state index >= 15 is 0 Å². The Balaban J connectivity index is 1.66. The van der Waals surface area contributed by atoms with E-state index in [1.807, 2.05) is 23.5 Å². The Bertz CT molecular complexity index is 94.1. The topological polar surface area (TPSA) is 9.23 Å². The second kappa shape index (κ2) is 6.21. The van der Waals surface area contributed by atoms with E-state index in [0.29, 0.717) is 0 Å². The van der Waals surface area contributed by atoms with E-state index in [4.69, 9.17) is 4.74 Å². The Labute approximate surface area is 77.6 Å². The summed E-state index contributed by atoms with van der Waals surface area (Å²) in [6.45, 7) is 4.15. The fourth-order valence-electron chi connectivity index (χ4n) is 0.786. The third-order valence-corrected chi connectivity index (χ3v) is 3.41. The average molecular weight is 192 g/mol. The summed E-state index contributed by atoms with van der Waals surface area (Å²) in [7, 11) is 0. The molecule has 1 fully saturated rings. The van der Waals surface area contributed by atoms with Crippen LogP contribution >= 0.6 is 23.5 Å². The lowest BCUT2D eigenvalue weighted by molar-refractivity contribution is 0.143. The fraction of sp³-hybridized carbons (Fsp3) is 1.00. The van der Waals surface area contributed by atoms with Gasteiger partial charge in [-0.05, 0) is 17.9 Å². The van der Waals surface area contributed by atoms with Crippen LogP contribution in [-0.4, -0.2) is 35.7 Å². The molecule has 1 heterocycles. The van der Waals surface area contributed by atoms with Gasteiger partial charge in [0.05, 0.1) is 6.61 Å². The van der Waals surface area contributed by atoms with Gasteiger partial charge in [-0.2, -0.15) is 23.5 Å². The van der Waals surface area contributed by atoms with E-state index in [2.05, 4.69) is 6.92 Å². The van der Waals surface area contributed by atoms with Crippen LogP contribution in [-0.2, 0) is 4.74 Å². The van der Waals surface area contributed by atoms with Gasteiger partial charge >= 0.3 is 0 Å². The molecule has 0 aromatic carbocycles. The van der Waals surface area contributed by atoms with Gasteiger partial charge in [0.15, 0.2) is 0 Å². The van der Waals surface area contributed by atoms with E-state index < -0.39 is 0 Å². The normalized spacial score (nSPS) is 22.1. The molecule has 0 bridgehead atoms. The van der Waals surface area contributed by atoms with Crippen LogP contribution in [0.4, 0.5) is 0 Å². The Kier molecular flexibility index (Phi) is 5.50. The van der Waals surface area contributed by atoms with Crippen LogP contribution in [0, 0.1) is 0 Å². The van der Waals surface area contributed by atoms with Gasteiger partial charge in [0, 0.05) is 17.6 Å². The van der Waals surface area contributed by atoms with Gasteiger partial charge < -0.3 is 4.74 Å². The summed E-state index contributed by atoms with van der Waals surface area (Å²) in [4.78, 5) is 0. The zero-order valence-electron chi connectivity index (χ0n) is 7.04. The van der Waals surface area contributed by atoms with Crippen molar-refractivity contribution in [1.82, 2.24) is 0 Å². The molecule has 11 heavy (non-hydrogen) atoms. The lowest BCUT2D eigenvalue weighted by Crippen LogP contribution is -2.02. The molecule has 1 aliphatic heterocycles. The van der Waals surface area contributed by atoms with Crippen LogP contribution in [0.3, 0.4) is 0 Å². The molecule has 0 radical (unpaired) electrons. The zero-order valence-corrected chi connectivity index (χ0v) is 8.68.